The predicted octanol–water partition coefficient (Wildman–Crippen LogP) is 0.128. The zero-order valence-corrected chi connectivity index (χ0v) is 7.02. The molecule has 0 spiro atoms. The van der Waals surface area contributed by atoms with Crippen LogP contribution in [0.25, 0.3) is 0 Å². The molecule has 6 nitrogen and oxygen atoms in total. The summed E-state index contributed by atoms with van der Waals surface area (Å²) in [6.45, 7) is 2.08. The van der Waals surface area contributed by atoms with Gasteiger partial charge in [-0.1, -0.05) is 6.92 Å². The molecule has 1 aromatic heterocycles. The molecule has 0 atom stereocenters. The maximum atomic E-state index is 9.10. The quantitative estimate of drug-likeness (QED) is 0.541. The Kier molecular flexibility index (Phi) is 4.94. The van der Waals surface area contributed by atoms with Crippen LogP contribution in [0.5, 0.6) is 0 Å². The number of rotatable bonds is 1. The Morgan fingerprint density at radius 1 is 1.46 bits per heavy atom. The molecule has 1 heterocycles. The predicted molar refractivity (Wildman–Crippen MR) is 43.2 cm³/mol. The molecule has 0 saturated heterocycles. The van der Waals surface area contributed by atoms with E-state index in [2.05, 4.69) is 17.1 Å². The van der Waals surface area contributed by atoms with E-state index in [1.54, 1.807) is 0 Å². The topological polar surface area (TPSA) is 103 Å². The Morgan fingerprint density at radius 2 is 2.00 bits per heavy atom. The lowest BCUT2D eigenvalue weighted by atomic mass is 10.4. The molecule has 6 heteroatoms. The lowest BCUT2D eigenvalue weighted by Gasteiger charge is -1.77. The molecule has 1 aromatic rings. The fourth-order valence-electron chi connectivity index (χ4n) is 0.488. The van der Waals surface area contributed by atoms with Gasteiger partial charge in [-0.2, -0.15) is 5.10 Å². The third-order valence-corrected chi connectivity index (χ3v) is 1.10. The summed E-state index contributed by atoms with van der Waals surface area (Å²) in [5, 5.41) is 21.4. The molecular weight excluding hydrogens is 176 g/mol. The van der Waals surface area contributed by atoms with Crippen LogP contribution in [0, 0.1) is 0 Å². The second-order valence-corrected chi connectivity index (χ2v) is 2.03. The molecule has 0 fully saturated rings. The van der Waals surface area contributed by atoms with Gasteiger partial charge in [0, 0.05) is 6.20 Å². The highest BCUT2D eigenvalue weighted by Gasteiger charge is 2.04. The number of nitrogens with zero attached hydrogens (tertiary/aromatic N) is 1. The first kappa shape index (κ1) is 11.2. The van der Waals surface area contributed by atoms with Crippen molar-refractivity contribution in [3.05, 3.63) is 18.0 Å². The molecule has 1 rings (SSSR count). The van der Waals surface area contributed by atoms with Gasteiger partial charge >= 0.3 is 11.9 Å². The molecule has 0 aromatic carbocycles. The number of nitrogens with one attached hydrogen (secondary N) is 1. The van der Waals surface area contributed by atoms with Gasteiger partial charge in [0.05, 0.1) is 5.69 Å². The number of aryl methyl sites for hydroxylation is 1. The number of carboxylic acids is 2. The molecule has 0 unspecified atom stereocenters. The Balaban J connectivity index is 0.000000226. The first-order valence-corrected chi connectivity index (χ1v) is 3.52. The molecule has 0 aliphatic carbocycles. The average Bonchev–Trinajstić information content (AvgIpc) is 2.56. The summed E-state index contributed by atoms with van der Waals surface area (Å²) in [7, 11) is 0. The summed E-state index contributed by atoms with van der Waals surface area (Å²) in [6.07, 6.45) is 2.85. The smallest absolute Gasteiger partial charge is 0.414 e. The standard InChI is InChI=1S/C5H8N2.C2H2O4/c1-2-5-3-4-6-7-5;3-1(4)2(5)6/h3-4H,2H2,1H3,(H,6,7);(H,3,4)(H,5,6). The molecule has 0 aliphatic heterocycles. The van der Waals surface area contributed by atoms with Gasteiger partial charge in [-0.25, -0.2) is 9.59 Å². The molecule has 0 amide bonds. The minimum Gasteiger partial charge on any atom is -0.473 e. The van der Waals surface area contributed by atoms with Crippen LogP contribution >= 0.6 is 0 Å². The summed E-state index contributed by atoms with van der Waals surface area (Å²) >= 11 is 0. The Labute approximate surface area is 74.2 Å². The van der Waals surface area contributed by atoms with E-state index >= 15 is 0 Å². The maximum Gasteiger partial charge on any atom is 0.414 e. The number of hydrogen-bond donors (Lipinski definition) is 3. The van der Waals surface area contributed by atoms with Crippen molar-refractivity contribution in [2.45, 2.75) is 13.3 Å². The van der Waals surface area contributed by atoms with Gasteiger partial charge in [-0.05, 0) is 12.5 Å². The van der Waals surface area contributed by atoms with Crippen LogP contribution in [0.4, 0.5) is 0 Å². The van der Waals surface area contributed by atoms with Gasteiger partial charge in [-0.15, -0.1) is 0 Å². The fraction of sp³-hybridized carbons (Fsp3) is 0.286. The molecule has 0 radical (unpaired) electrons. The normalized spacial score (nSPS) is 8.38. The molecule has 13 heavy (non-hydrogen) atoms. The van der Waals surface area contributed by atoms with Crippen LogP contribution in [0.1, 0.15) is 12.6 Å². The van der Waals surface area contributed by atoms with E-state index in [1.165, 1.54) is 0 Å². The minimum atomic E-state index is -1.82. The van der Waals surface area contributed by atoms with E-state index in [9.17, 15) is 0 Å². The van der Waals surface area contributed by atoms with E-state index < -0.39 is 11.9 Å². The summed E-state index contributed by atoms with van der Waals surface area (Å²) in [4.78, 5) is 18.2. The van der Waals surface area contributed by atoms with Crippen molar-refractivity contribution in [1.29, 1.82) is 0 Å². The highest BCUT2D eigenvalue weighted by atomic mass is 16.4. The van der Waals surface area contributed by atoms with Gasteiger partial charge in [0.1, 0.15) is 0 Å². The third kappa shape index (κ3) is 5.42. The van der Waals surface area contributed by atoms with Crippen molar-refractivity contribution >= 4 is 11.9 Å². The molecule has 3 N–H and O–H groups in total. The number of aliphatic carboxylic acids is 2. The first-order valence-electron chi connectivity index (χ1n) is 3.52. The van der Waals surface area contributed by atoms with Gasteiger partial charge in [-0.3, -0.25) is 5.10 Å². The van der Waals surface area contributed by atoms with Crippen LogP contribution in [-0.4, -0.2) is 32.3 Å². The number of H-pyrrole nitrogens is 1. The zero-order valence-electron chi connectivity index (χ0n) is 7.02. The third-order valence-electron chi connectivity index (χ3n) is 1.10. The van der Waals surface area contributed by atoms with Crippen molar-refractivity contribution in [1.82, 2.24) is 10.2 Å². The molecule has 0 saturated carbocycles. The van der Waals surface area contributed by atoms with Crippen molar-refractivity contribution in [2.24, 2.45) is 0 Å². The lowest BCUT2D eigenvalue weighted by Crippen LogP contribution is -2.09. The van der Waals surface area contributed by atoms with E-state index in [1.807, 2.05) is 12.3 Å². The number of hydrogen-bond acceptors (Lipinski definition) is 3. The van der Waals surface area contributed by atoms with E-state index in [0.29, 0.717) is 0 Å². The van der Waals surface area contributed by atoms with Gasteiger partial charge in [0.2, 0.25) is 0 Å². The number of aromatic nitrogens is 2. The van der Waals surface area contributed by atoms with E-state index in [4.69, 9.17) is 19.8 Å². The van der Waals surface area contributed by atoms with Crippen LogP contribution in [0.2, 0.25) is 0 Å². The highest BCUT2D eigenvalue weighted by Crippen LogP contribution is 1.88. The van der Waals surface area contributed by atoms with Crippen LogP contribution in [-0.2, 0) is 16.0 Å². The van der Waals surface area contributed by atoms with Gasteiger partial charge in [0.15, 0.2) is 0 Å². The second-order valence-electron chi connectivity index (χ2n) is 2.03. The van der Waals surface area contributed by atoms with Crippen LogP contribution in [0.3, 0.4) is 0 Å². The van der Waals surface area contributed by atoms with Crippen molar-refractivity contribution in [3.63, 3.8) is 0 Å². The van der Waals surface area contributed by atoms with Crippen molar-refractivity contribution in [3.8, 4) is 0 Å². The number of carboxylic acid groups (broad SMARTS) is 2. The van der Waals surface area contributed by atoms with Gasteiger partial charge in [0.25, 0.3) is 0 Å². The maximum absolute atomic E-state index is 9.10. The minimum absolute atomic E-state index is 1.02. The summed E-state index contributed by atoms with van der Waals surface area (Å²) in [5.41, 5.74) is 1.12. The Morgan fingerprint density at radius 3 is 2.15 bits per heavy atom. The molecule has 0 bridgehead atoms. The van der Waals surface area contributed by atoms with Crippen molar-refractivity contribution in [2.75, 3.05) is 0 Å². The van der Waals surface area contributed by atoms with Crippen LogP contribution in [0.15, 0.2) is 12.3 Å². The fourth-order valence-corrected chi connectivity index (χ4v) is 0.488. The molecule has 0 aliphatic rings. The lowest BCUT2D eigenvalue weighted by molar-refractivity contribution is -0.159. The number of aromatic amines is 1. The largest absolute Gasteiger partial charge is 0.473 e. The van der Waals surface area contributed by atoms with E-state index in [0.717, 1.165) is 12.1 Å². The second kappa shape index (κ2) is 5.76. The molecule has 72 valence electrons. The summed E-state index contributed by atoms with van der Waals surface area (Å²) in [5.74, 6) is -3.65. The SMILES string of the molecule is CCc1cc[nH]n1.O=C(O)C(=O)O. The Bertz CT molecular complexity index is 256. The first-order chi connectivity index (χ1) is 6.07. The number of carbonyl (C=O) groups is 2. The zero-order chi connectivity index (χ0) is 10.3. The van der Waals surface area contributed by atoms with Gasteiger partial charge < -0.3 is 10.2 Å². The van der Waals surface area contributed by atoms with Crippen molar-refractivity contribution < 1.29 is 19.8 Å². The van der Waals surface area contributed by atoms with E-state index in [-0.39, 0.29) is 0 Å². The molecular formula is C7H10N2O4. The summed E-state index contributed by atoms with van der Waals surface area (Å²) in [6, 6.07) is 1.97. The monoisotopic (exact) mass is 186 g/mol. The van der Waals surface area contributed by atoms with Crippen LogP contribution < -0.4 is 0 Å². The average molecular weight is 186 g/mol. The highest BCUT2D eigenvalue weighted by molar-refractivity contribution is 6.27. The summed E-state index contributed by atoms with van der Waals surface area (Å²) < 4.78 is 0. The Hall–Kier alpha value is -1.85.